The summed E-state index contributed by atoms with van der Waals surface area (Å²) >= 11 is 0. The molecule has 1 atom stereocenters. The minimum atomic E-state index is -0.759. The zero-order chi connectivity index (χ0) is 21.2. The Bertz CT molecular complexity index is 427. The SMILES string of the molecule is CCCC(=O)OCOC(=O)CCC.CCOC(=O)C(CC)OC(=O)C(C)C. The largest absolute Gasteiger partial charge is 0.463 e. The number of hydrogen-bond acceptors (Lipinski definition) is 8. The number of carbonyl (C=O) groups is 4. The topological polar surface area (TPSA) is 105 Å². The highest BCUT2D eigenvalue weighted by molar-refractivity contribution is 5.80. The highest BCUT2D eigenvalue weighted by Crippen LogP contribution is 2.06. The Labute approximate surface area is 161 Å². The summed E-state index contributed by atoms with van der Waals surface area (Å²) in [6, 6.07) is 0. The van der Waals surface area contributed by atoms with Crippen LogP contribution in [-0.4, -0.2) is 43.4 Å². The van der Waals surface area contributed by atoms with Crippen molar-refractivity contribution in [2.75, 3.05) is 13.4 Å². The lowest BCUT2D eigenvalue weighted by Crippen LogP contribution is -2.30. The van der Waals surface area contributed by atoms with Crippen molar-refractivity contribution in [3.63, 3.8) is 0 Å². The minimum Gasteiger partial charge on any atom is -0.463 e. The van der Waals surface area contributed by atoms with E-state index in [1.165, 1.54) is 0 Å². The van der Waals surface area contributed by atoms with Crippen molar-refractivity contribution in [1.29, 1.82) is 0 Å². The summed E-state index contributed by atoms with van der Waals surface area (Å²) in [5, 5.41) is 0. The van der Waals surface area contributed by atoms with E-state index in [0.29, 0.717) is 25.9 Å². The van der Waals surface area contributed by atoms with Gasteiger partial charge in [0.05, 0.1) is 12.5 Å². The lowest BCUT2D eigenvalue weighted by atomic mass is 10.2. The van der Waals surface area contributed by atoms with Crippen molar-refractivity contribution in [1.82, 2.24) is 0 Å². The van der Waals surface area contributed by atoms with Gasteiger partial charge in [-0.1, -0.05) is 34.6 Å². The van der Waals surface area contributed by atoms with Crippen molar-refractivity contribution >= 4 is 23.9 Å². The first-order valence-corrected chi connectivity index (χ1v) is 9.41. The summed E-state index contributed by atoms with van der Waals surface area (Å²) in [7, 11) is 0. The fourth-order valence-corrected chi connectivity index (χ4v) is 1.52. The van der Waals surface area contributed by atoms with E-state index in [4.69, 9.17) is 9.47 Å². The number of carbonyl (C=O) groups excluding carboxylic acids is 4. The van der Waals surface area contributed by atoms with Crippen molar-refractivity contribution < 1.29 is 38.1 Å². The van der Waals surface area contributed by atoms with E-state index in [0.717, 1.165) is 12.8 Å². The van der Waals surface area contributed by atoms with Crippen LogP contribution in [0.4, 0.5) is 0 Å². The smallest absolute Gasteiger partial charge is 0.347 e. The minimum absolute atomic E-state index is 0.224. The van der Waals surface area contributed by atoms with Gasteiger partial charge in [-0.15, -0.1) is 0 Å². The number of hydrogen-bond donors (Lipinski definition) is 0. The molecule has 0 aliphatic carbocycles. The summed E-state index contributed by atoms with van der Waals surface area (Å²) in [5.74, 6) is -1.72. The zero-order valence-corrected chi connectivity index (χ0v) is 17.4. The van der Waals surface area contributed by atoms with Crippen LogP contribution in [0.15, 0.2) is 0 Å². The summed E-state index contributed by atoms with van der Waals surface area (Å²) in [6.45, 7) is 10.7. The number of ether oxygens (including phenoxy) is 4. The molecule has 8 heteroatoms. The molecule has 0 amide bonds. The molecular weight excluding hydrogens is 356 g/mol. The zero-order valence-electron chi connectivity index (χ0n) is 17.4. The second kappa shape index (κ2) is 17.3. The highest BCUT2D eigenvalue weighted by Gasteiger charge is 2.23. The van der Waals surface area contributed by atoms with Crippen LogP contribution in [0.25, 0.3) is 0 Å². The molecule has 0 fully saturated rings. The van der Waals surface area contributed by atoms with Crippen LogP contribution < -0.4 is 0 Å². The van der Waals surface area contributed by atoms with Gasteiger partial charge < -0.3 is 18.9 Å². The van der Waals surface area contributed by atoms with Gasteiger partial charge in [-0.2, -0.15) is 0 Å². The van der Waals surface area contributed by atoms with Gasteiger partial charge in [0.25, 0.3) is 0 Å². The van der Waals surface area contributed by atoms with E-state index in [2.05, 4.69) is 9.47 Å². The van der Waals surface area contributed by atoms with E-state index >= 15 is 0 Å². The standard InChI is InChI=1S/C10H18O4.C9H16O4/c1-5-8(10(12)13-6-2)14-9(11)7(3)4;1-3-5-8(10)12-7-13-9(11)6-4-2/h7-8H,5-6H2,1-4H3;3-7H2,1-2H3. The summed E-state index contributed by atoms with van der Waals surface area (Å²) in [5.41, 5.74) is 0. The van der Waals surface area contributed by atoms with Crippen molar-refractivity contribution in [2.45, 2.75) is 79.8 Å². The molecule has 0 saturated carbocycles. The van der Waals surface area contributed by atoms with Crippen molar-refractivity contribution in [3.05, 3.63) is 0 Å². The molecule has 0 aliphatic rings. The van der Waals surface area contributed by atoms with E-state index in [1.54, 1.807) is 27.7 Å². The third-order valence-electron chi connectivity index (χ3n) is 3.00. The van der Waals surface area contributed by atoms with Crippen LogP contribution in [0.2, 0.25) is 0 Å². The van der Waals surface area contributed by atoms with Gasteiger partial charge in [0.15, 0.2) is 6.10 Å². The molecule has 0 aromatic rings. The Balaban J connectivity index is 0. The molecule has 0 rings (SSSR count). The molecule has 158 valence electrons. The molecule has 8 nitrogen and oxygen atoms in total. The van der Waals surface area contributed by atoms with Gasteiger partial charge in [-0.3, -0.25) is 14.4 Å². The molecule has 0 aromatic heterocycles. The van der Waals surface area contributed by atoms with Gasteiger partial charge in [0.2, 0.25) is 6.79 Å². The van der Waals surface area contributed by atoms with Crippen LogP contribution in [0.1, 0.15) is 73.6 Å². The maximum absolute atomic E-state index is 11.2. The van der Waals surface area contributed by atoms with Crippen molar-refractivity contribution in [2.24, 2.45) is 5.92 Å². The third kappa shape index (κ3) is 15.8. The molecule has 0 bridgehead atoms. The highest BCUT2D eigenvalue weighted by atomic mass is 16.7. The second-order valence-electron chi connectivity index (χ2n) is 5.89. The Morgan fingerprint density at radius 3 is 1.56 bits per heavy atom. The van der Waals surface area contributed by atoms with Crippen LogP contribution in [0.3, 0.4) is 0 Å². The molecule has 0 heterocycles. The molecule has 0 radical (unpaired) electrons. The normalized spacial score (nSPS) is 10.9. The average molecular weight is 390 g/mol. The fourth-order valence-electron chi connectivity index (χ4n) is 1.52. The van der Waals surface area contributed by atoms with Gasteiger partial charge in [-0.05, 0) is 26.2 Å². The van der Waals surface area contributed by atoms with E-state index in [1.807, 2.05) is 13.8 Å². The van der Waals surface area contributed by atoms with E-state index in [9.17, 15) is 19.2 Å². The molecular formula is C19H34O8. The fraction of sp³-hybridized carbons (Fsp3) is 0.789. The van der Waals surface area contributed by atoms with Crippen LogP contribution >= 0.6 is 0 Å². The van der Waals surface area contributed by atoms with Crippen LogP contribution in [0.5, 0.6) is 0 Å². The first kappa shape index (κ1) is 27.1. The second-order valence-corrected chi connectivity index (χ2v) is 5.89. The summed E-state index contributed by atoms with van der Waals surface area (Å²) in [6.07, 6.45) is 1.89. The summed E-state index contributed by atoms with van der Waals surface area (Å²) < 4.78 is 19.0. The third-order valence-corrected chi connectivity index (χ3v) is 3.00. The molecule has 0 saturated heterocycles. The number of rotatable bonds is 11. The van der Waals surface area contributed by atoms with Gasteiger partial charge >= 0.3 is 23.9 Å². The lowest BCUT2D eigenvalue weighted by Gasteiger charge is -2.15. The van der Waals surface area contributed by atoms with Crippen LogP contribution in [0, 0.1) is 5.92 Å². The first-order valence-electron chi connectivity index (χ1n) is 9.41. The molecule has 0 spiro atoms. The summed E-state index contributed by atoms with van der Waals surface area (Å²) in [4.78, 5) is 44.0. The lowest BCUT2D eigenvalue weighted by molar-refractivity contribution is -0.169. The molecule has 27 heavy (non-hydrogen) atoms. The van der Waals surface area contributed by atoms with Crippen molar-refractivity contribution in [3.8, 4) is 0 Å². The molecule has 1 unspecified atom stereocenters. The predicted molar refractivity (Wildman–Crippen MR) is 98.5 cm³/mol. The quantitative estimate of drug-likeness (QED) is 0.301. The Morgan fingerprint density at radius 2 is 1.22 bits per heavy atom. The number of esters is 4. The van der Waals surface area contributed by atoms with Gasteiger partial charge in [0, 0.05) is 12.8 Å². The molecule has 0 N–H and O–H groups in total. The average Bonchev–Trinajstić information content (AvgIpc) is 2.60. The Kier molecular flexibility index (Phi) is 17.4. The first-order chi connectivity index (χ1) is 12.7. The Morgan fingerprint density at radius 1 is 0.741 bits per heavy atom. The van der Waals surface area contributed by atoms with Gasteiger partial charge in [-0.25, -0.2) is 4.79 Å². The van der Waals surface area contributed by atoms with Crippen LogP contribution in [-0.2, 0) is 38.1 Å². The maximum Gasteiger partial charge on any atom is 0.347 e. The predicted octanol–water partition coefficient (Wildman–Crippen LogP) is 3.16. The monoisotopic (exact) mass is 390 g/mol. The van der Waals surface area contributed by atoms with E-state index in [-0.39, 0.29) is 30.6 Å². The van der Waals surface area contributed by atoms with E-state index < -0.39 is 12.1 Å². The maximum atomic E-state index is 11.2. The Hall–Kier alpha value is -2.12. The molecule has 0 aliphatic heterocycles. The van der Waals surface area contributed by atoms with Gasteiger partial charge in [0.1, 0.15) is 0 Å². The molecule has 0 aromatic carbocycles.